The van der Waals surface area contributed by atoms with Gasteiger partial charge in [-0.2, -0.15) is 0 Å². The second kappa shape index (κ2) is 6.46. The van der Waals surface area contributed by atoms with Crippen LogP contribution in [0.1, 0.15) is 38.5 Å². The van der Waals surface area contributed by atoms with Crippen molar-refractivity contribution < 1.29 is 14.3 Å². The number of piperidine rings is 1. The molecule has 0 aromatic heterocycles. The van der Waals surface area contributed by atoms with Crippen molar-refractivity contribution >= 4 is 17.5 Å². The Morgan fingerprint density at radius 2 is 1.96 bits per heavy atom. The average molecular weight is 328 g/mol. The van der Waals surface area contributed by atoms with Crippen LogP contribution in [0.2, 0.25) is 0 Å². The molecule has 2 fully saturated rings. The molecule has 0 unspecified atom stereocenters. The fourth-order valence-corrected chi connectivity index (χ4v) is 4.34. The monoisotopic (exact) mass is 328 g/mol. The number of nitrogens with one attached hydrogen (secondary N) is 1. The maximum atomic E-state index is 12.7. The minimum Gasteiger partial charge on any atom is -0.478 e. The molecule has 24 heavy (non-hydrogen) atoms. The van der Waals surface area contributed by atoms with Gasteiger partial charge in [-0.05, 0) is 36.8 Å². The smallest absolute Gasteiger partial charge is 0.266 e. The molecule has 3 atom stereocenters. The van der Waals surface area contributed by atoms with Crippen molar-refractivity contribution in [1.29, 1.82) is 0 Å². The number of para-hydroxylation sites is 2. The summed E-state index contributed by atoms with van der Waals surface area (Å²) < 4.78 is 5.75. The lowest BCUT2D eigenvalue weighted by atomic mass is 9.75. The number of fused-ring (bicyclic) bond motifs is 2. The van der Waals surface area contributed by atoms with Crippen molar-refractivity contribution in [3.05, 3.63) is 24.3 Å². The first-order valence-electron chi connectivity index (χ1n) is 9.05. The highest BCUT2D eigenvalue weighted by Gasteiger charge is 2.35. The van der Waals surface area contributed by atoms with E-state index in [0.717, 1.165) is 25.4 Å². The van der Waals surface area contributed by atoms with Gasteiger partial charge < -0.3 is 15.0 Å². The van der Waals surface area contributed by atoms with Gasteiger partial charge in [0.05, 0.1) is 12.1 Å². The topological polar surface area (TPSA) is 58.6 Å². The van der Waals surface area contributed by atoms with Gasteiger partial charge in [0.1, 0.15) is 5.75 Å². The van der Waals surface area contributed by atoms with Crippen molar-refractivity contribution in [1.82, 2.24) is 4.90 Å². The van der Waals surface area contributed by atoms with E-state index in [-0.39, 0.29) is 18.2 Å². The summed E-state index contributed by atoms with van der Waals surface area (Å²) in [7, 11) is 0. The average Bonchev–Trinajstić information content (AvgIpc) is 2.62. The summed E-state index contributed by atoms with van der Waals surface area (Å²) in [6, 6.07) is 7.34. The van der Waals surface area contributed by atoms with Gasteiger partial charge in [-0.15, -0.1) is 0 Å². The van der Waals surface area contributed by atoms with Crippen molar-refractivity contribution in [2.75, 3.05) is 18.4 Å². The van der Waals surface area contributed by atoms with Crippen LogP contribution in [0.5, 0.6) is 5.75 Å². The first-order chi connectivity index (χ1) is 11.7. The van der Waals surface area contributed by atoms with Crippen molar-refractivity contribution in [3.63, 3.8) is 0 Å². The number of carbonyl (C=O) groups excluding carboxylic acids is 2. The number of anilines is 1. The molecule has 1 aliphatic carbocycles. The van der Waals surface area contributed by atoms with Gasteiger partial charge in [0.2, 0.25) is 5.91 Å². The molecule has 1 aromatic carbocycles. The molecule has 0 bridgehead atoms. The molecule has 5 heteroatoms. The minimum absolute atomic E-state index is 0.0403. The molecule has 1 saturated heterocycles. The molecule has 1 aromatic rings. The number of benzene rings is 1. The van der Waals surface area contributed by atoms with Gasteiger partial charge in [0, 0.05) is 13.1 Å². The highest BCUT2D eigenvalue weighted by atomic mass is 16.5. The molecule has 3 aliphatic rings. The fourth-order valence-electron chi connectivity index (χ4n) is 4.34. The van der Waals surface area contributed by atoms with E-state index in [1.54, 1.807) is 6.07 Å². The Bertz CT molecular complexity index is 645. The van der Waals surface area contributed by atoms with E-state index in [2.05, 4.69) is 5.32 Å². The maximum absolute atomic E-state index is 12.7. The number of ether oxygens (including phenoxy) is 1. The van der Waals surface area contributed by atoms with Gasteiger partial charge in [-0.25, -0.2) is 0 Å². The Hall–Kier alpha value is -2.04. The Balaban J connectivity index is 1.38. The molecule has 0 spiro atoms. The molecule has 2 aliphatic heterocycles. The summed E-state index contributed by atoms with van der Waals surface area (Å²) >= 11 is 0. The lowest BCUT2D eigenvalue weighted by Crippen LogP contribution is -2.47. The molecule has 128 valence electrons. The van der Waals surface area contributed by atoms with Gasteiger partial charge in [0.15, 0.2) is 6.10 Å². The summed E-state index contributed by atoms with van der Waals surface area (Å²) in [6.07, 6.45) is 5.68. The number of carbonyl (C=O) groups is 2. The third kappa shape index (κ3) is 2.99. The molecule has 2 heterocycles. The van der Waals surface area contributed by atoms with E-state index in [1.807, 2.05) is 23.1 Å². The number of nitrogens with zero attached hydrogens (tertiary/aromatic N) is 1. The minimum atomic E-state index is -0.725. The van der Waals surface area contributed by atoms with Gasteiger partial charge >= 0.3 is 0 Å². The van der Waals surface area contributed by atoms with Crippen LogP contribution in [0.4, 0.5) is 5.69 Å². The highest BCUT2D eigenvalue weighted by Crippen LogP contribution is 2.36. The predicted octanol–water partition coefficient (Wildman–Crippen LogP) is 2.81. The number of likely N-dealkylation sites (tertiary alicyclic amines) is 1. The zero-order valence-corrected chi connectivity index (χ0v) is 13.9. The Labute approximate surface area is 142 Å². The molecule has 1 N–H and O–H groups in total. The summed E-state index contributed by atoms with van der Waals surface area (Å²) in [6.45, 7) is 1.68. The first kappa shape index (κ1) is 15.5. The molecular formula is C19H24N2O3. The largest absolute Gasteiger partial charge is 0.478 e. The highest BCUT2D eigenvalue weighted by molar-refractivity contribution is 5.99. The van der Waals surface area contributed by atoms with Crippen LogP contribution in [-0.2, 0) is 9.59 Å². The van der Waals surface area contributed by atoms with Crippen LogP contribution >= 0.6 is 0 Å². The zero-order valence-electron chi connectivity index (χ0n) is 13.9. The fraction of sp³-hybridized carbons (Fsp3) is 0.579. The van der Waals surface area contributed by atoms with E-state index >= 15 is 0 Å². The Morgan fingerprint density at radius 3 is 2.83 bits per heavy atom. The second-order valence-electron chi connectivity index (χ2n) is 7.23. The van der Waals surface area contributed by atoms with Crippen molar-refractivity contribution in [2.45, 2.75) is 44.6 Å². The number of amides is 2. The molecule has 2 amide bonds. The van der Waals surface area contributed by atoms with Crippen LogP contribution in [0, 0.1) is 11.8 Å². The molecule has 4 rings (SSSR count). The lowest BCUT2D eigenvalue weighted by molar-refractivity contribution is -0.139. The first-order valence-corrected chi connectivity index (χ1v) is 9.05. The summed E-state index contributed by atoms with van der Waals surface area (Å²) in [4.78, 5) is 26.8. The summed E-state index contributed by atoms with van der Waals surface area (Å²) in [5.74, 6) is 1.90. The molecular weight excluding hydrogens is 304 g/mol. The predicted molar refractivity (Wildman–Crippen MR) is 90.7 cm³/mol. The summed E-state index contributed by atoms with van der Waals surface area (Å²) in [5.41, 5.74) is 0.675. The standard InChI is InChI=1S/C19H24N2O3/c22-18(21-10-9-13-5-1-2-6-14(13)12-21)11-17-19(23)20-15-7-3-4-8-16(15)24-17/h3-4,7-8,13-14,17H,1-2,5-6,9-12H2,(H,20,23)/t13-,14-,17-/m1/s1. The van der Waals surface area contributed by atoms with E-state index in [9.17, 15) is 9.59 Å². The third-order valence-electron chi connectivity index (χ3n) is 5.71. The van der Waals surface area contributed by atoms with E-state index < -0.39 is 6.10 Å². The normalized spacial score (nSPS) is 29.1. The van der Waals surface area contributed by atoms with Crippen LogP contribution in [0.15, 0.2) is 24.3 Å². The van der Waals surface area contributed by atoms with Gasteiger partial charge in [-0.3, -0.25) is 9.59 Å². The third-order valence-corrected chi connectivity index (χ3v) is 5.71. The zero-order chi connectivity index (χ0) is 16.5. The number of rotatable bonds is 2. The molecule has 1 saturated carbocycles. The van der Waals surface area contributed by atoms with Gasteiger partial charge in [0.25, 0.3) is 5.91 Å². The number of hydrogen-bond acceptors (Lipinski definition) is 3. The van der Waals surface area contributed by atoms with Crippen molar-refractivity contribution in [3.8, 4) is 5.75 Å². The Morgan fingerprint density at radius 1 is 1.17 bits per heavy atom. The van der Waals surface area contributed by atoms with E-state index in [0.29, 0.717) is 17.4 Å². The molecule has 0 radical (unpaired) electrons. The Kier molecular flexibility index (Phi) is 4.17. The van der Waals surface area contributed by atoms with E-state index in [4.69, 9.17) is 4.74 Å². The lowest BCUT2D eigenvalue weighted by Gasteiger charge is -2.41. The summed E-state index contributed by atoms with van der Waals surface area (Å²) in [5, 5.41) is 2.83. The van der Waals surface area contributed by atoms with Crippen LogP contribution in [0.3, 0.4) is 0 Å². The van der Waals surface area contributed by atoms with Crippen LogP contribution < -0.4 is 10.1 Å². The van der Waals surface area contributed by atoms with Gasteiger partial charge in [-0.1, -0.05) is 31.4 Å². The maximum Gasteiger partial charge on any atom is 0.266 e. The van der Waals surface area contributed by atoms with Crippen LogP contribution in [-0.4, -0.2) is 35.9 Å². The van der Waals surface area contributed by atoms with E-state index in [1.165, 1.54) is 25.7 Å². The SMILES string of the molecule is O=C1Nc2ccccc2O[C@@H]1CC(=O)N1CC[C@H]2CCCC[C@@H]2C1. The van der Waals surface area contributed by atoms with Crippen molar-refractivity contribution in [2.24, 2.45) is 11.8 Å². The quantitative estimate of drug-likeness (QED) is 0.908. The van der Waals surface area contributed by atoms with Crippen LogP contribution in [0.25, 0.3) is 0 Å². The number of hydrogen-bond donors (Lipinski definition) is 1. The molecule has 5 nitrogen and oxygen atoms in total. The second-order valence-corrected chi connectivity index (χ2v) is 7.23.